The van der Waals surface area contributed by atoms with Crippen LogP contribution in [-0.4, -0.2) is 0 Å². The van der Waals surface area contributed by atoms with E-state index >= 15 is 0 Å². The molecule has 0 heterocycles. The summed E-state index contributed by atoms with van der Waals surface area (Å²) < 4.78 is 0. The van der Waals surface area contributed by atoms with Crippen molar-refractivity contribution in [1.82, 2.24) is 0 Å². The van der Waals surface area contributed by atoms with E-state index in [1.54, 1.807) is 6.07 Å². The Morgan fingerprint density at radius 3 is 0.741 bits per heavy atom. The smallest absolute Gasteiger partial charge is 0.999 e. The van der Waals surface area contributed by atoms with Crippen LogP contribution >= 0.6 is 0 Å². The molecule has 27 heavy (non-hydrogen) atoms. The van der Waals surface area contributed by atoms with Crippen molar-refractivity contribution < 1.29 is 67.7 Å². The molecule has 0 saturated carbocycles. The average molecular weight is 577 g/mol. The molecule has 4 aromatic rings. The Kier molecular flexibility index (Phi) is 69.8. The maximum atomic E-state index is 2.62. The molecular formula is C20H19Cr2Ni2S3-. The van der Waals surface area contributed by atoms with E-state index in [0.29, 0.717) is 0 Å². The van der Waals surface area contributed by atoms with E-state index in [4.69, 9.17) is 0 Å². The summed E-state index contributed by atoms with van der Waals surface area (Å²) in [4.78, 5) is 0. The minimum absolute atomic E-state index is 0. The largest absolute Gasteiger partial charge is 5.00 e. The molecular weight excluding hydrogens is 558 g/mol. The maximum Gasteiger partial charge on any atom is 5.00 e. The summed E-state index contributed by atoms with van der Waals surface area (Å²) in [5, 5.41) is 0. The van der Waals surface area contributed by atoms with Gasteiger partial charge in [0, 0.05) is 33.0 Å². The SMILES string of the molecule is [Cr+5].[Cr+5].[Ni].[Ni].[SH-].[SH-].[SH-].[c-]1[c-][c-][cH-][c-]1.c1cc[cH-]c1.c1cc[cH-]c1.c1cc[cH-]c1. The van der Waals surface area contributed by atoms with Crippen molar-refractivity contribution in [3.05, 3.63) is 121 Å². The van der Waals surface area contributed by atoms with Crippen LogP contribution in [0.15, 0.2) is 97.1 Å². The van der Waals surface area contributed by atoms with Crippen molar-refractivity contribution in [2.24, 2.45) is 0 Å². The van der Waals surface area contributed by atoms with Gasteiger partial charge in [0.1, 0.15) is 0 Å². The predicted octanol–water partition coefficient (Wildman–Crippen LogP) is 4.00. The molecule has 0 aliphatic rings. The summed E-state index contributed by atoms with van der Waals surface area (Å²) in [5.74, 6) is 0. The fourth-order valence-corrected chi connectivity index (χ4v) is 1.14. The molecule has 0 atom stereocenters. The van der Waals surface area contributed by atoms with Crippen molar-refractivity contribution in [3.8, 4) is 0 Å². The molecule has 0 saturated heterocycles. The van der Waals surface area contributed by atoms with Crippen LogP contribution in [0.3, 0.4) is 0 Å². The quantitative estimate of drug-likeness (QED) is 0.134. The first-order valence-corrected chi connectivity index (χ1v) is 6.33. The van der Waals surface area contributed by atoms with Gasteiger partial charge in [0.2, 0.25) is 0 Å². The molecule has 2 radical (unpaired) electrons. The normalized spacial score (nSPS) is 5.93. The maximum absolute atomic E-state index is 2.62. The molecule has 0 bridgehead atoms. The van der Waals surface area contributed by atoms with Crippen LogP contribution in [0.4, 0.5) is 0 Å². The second-order valence-electron chi connectivity index (χ2n) is 3.57. The molecule has 0 unspecified atom stereocenters. The fourth-order valence-electron chi connectivity index (χ4n) is 1.14. The second-order valence-corrected chi connectivity index (χ2v) is 3.57. The Hall–Kier alpha value is 0.502. The Morgan fingerprint density at radius 2 is 0.667 bits per heavy atom. The van der Waals surface area contributed by atoms with Gasteiger partial charge in [-0.25, -0.2) is 36.4 Å². The fraction of sp³-hybridized carbons (Fsp3) is 0. The topological polar surface area (TPSA) is 0 Å². The van der Waals surface area contributed by atoms with Crippen LogP contribution in [0.5, 0.6) is 0 Å². The zero-order valence-corrected chi connectivity index (χ0v) is 21.2. The second kappa shape index (κ2) is 41.0. The van der Waals surface area contributed by atoms with E-state index in [1.807, 2.05) is 91.0 Å². The van der Waals surface area contributed by atoms with Crippen molar-refractivity contribution in [2.75, 3.05) is 0 Å². The monoisotopic (exact) mass is 575 g/mol. The molecule has 4 aromatic carbocycles. The molecule has 0 aliphatic carbocycles. The van der Waals surface area contributed by atoms with Gasteiger partial charge in [0.15, 0.2) is 0 Å². The summed E-state index contributed by atoms with van der Waals surface area (Å²) in [6, 6.07) is 42.0. The van der Waals surface area contributed by atoms with Crippen molar-refractivity contribution in [3.63, 3.8) is 0 Å². The molecule has 0 fully saturated rings. The van der Waals surface area contributed by atoms with Crippen LogP contribution < -0.4 is 0 Å². The third-order valence-corrected chi connectivity index (χ3v) is 2.02. The third-order valence-electron chi connectivity index (χ3n) is 2.02. The van der Waals surface area contributed by atoms with Crippen molar-refractivity contribution in [2.45, 2.75) is 0 Å². The van der Waals surface area contributed by atoms with E-state index in [-0.39, 0.29) is 108 Å². The standard InChI is InChI=1S/3C5H5.C5H.2Cr.2Ni.3H2S/c4*1-2-4-5-3-1;;;;;;;/h3*1-5H;1H;;;;;3*1H2/q3*-1;-5;2*+5;;;;;/p-3. The molecule has 150 valence electrons. The van der Waals surface area contributed by atoms with Crippen LogP contribution in [0.1, 0.15) is 0 Å². The Morgan fingerprint density at radius 1 is 0.444 bits per heavy atom. The van der Waals surface area contributed by atoms with Crippen molar-refractivity contribution in [1.29, 1.82) is 0 Å². The number of rotatable bonds is 0. The Bertz CT molecular complexity index is 364. The van der Waals surface area contributed by atoms with Gasteiger partial charge in [-0.3, -0.25) is 0 Å². The summed E-state index contributed by atoms with van der Waals surface area (Å²) in [5.41, 5.74) is 0. The summed E-state index contributed by atoms with van der Waals surface area (Å²) in [6.45, 7) is 0. The van der Waals surface area contributed by atoms with Gasteiger partial charge in [-0.1, -0.05) is 0 Å². The summed E-state index contributed by atoms with van der Waals surface area (Å²) in [7, 11) is 0. The molecule has 0 aromatic heterocycles. The first-order valence-electron chi connectivity index (χ1n) is 6.33. The number of hydrogen-bond donors (Lipinski definition) is 0. The van der Waals surface area contributed by atoms with E-state index in [9.17, 15) is 0 Å². The zero-order chi connectivity index (χ0) is 14.1. The van der Waals surface area contributed by atoms with E-state index < -0.39 is 0 Å². The van der Waals surface area contributed by atoms with Crippen LogP contribution in [0.2, 0.25) is 0 Å². The van der Waals surface area contributed by atoms with E-state index in [0.717, 1.165) is 0 Å². The van der Waals surface area contributed by atoms with Crippen LogP contribution in [0.25, 0.3) is 0 Å². The molecule has 0 N–H and O–H groups in total. The average Bonchev–Trinajstić information content (AvgIpc) is 3.40. The number of hydrogen-bond acceptors (Lipinski definition) is 3. The van der Waals surface area contributed by atoms with E-state index in [2.05, 4.69) is 24.3 Å². The van der Waals surface area contributed by atoms with Gasteiger partial charge in [-0.05, 0) is 0 Å². The van der Waals surface area contributed by atoms with Gasteiger partial charge in [-0.15, -0.1) is 0 Å². The summed E-state index contributed by atoms with van der Waals surface area (Å²) >= 11 is 0. The summed E-state index contributed by atoms with van der Waals surface area (Å²) in [6.07, 6.45) is 0. The first-order chi connectivity index (χ1) is 10.0. The first kappa shape index (κ1) is 46.0. The minimum atomic E-state index is 0. The molecule has 0 spiro atoms. The van der Waals surface area contributed by atoms with Gasteiger partial charge in [0.05, 0.1) is 0 Å². The zero-order valence-electron chi connectivity index (χ0n) is 14.0. The Balaban J connectivity index is -0.0000000364. The molecule has 0 nitrogen and oxygen atoms in total. The van der Waals surface area contributed by atoms with Gasteiger partial charge < -0.3 is 70.8 Å². The molecule has 0 amide bonds. The third kappa shape index (κ3) is 37.9. The van der Waals surface area contributed by atoms with Crippen LogP contribution in [0, 0.1) is 24.3 Å². The van der Waals surface area contributed by atoms with Gasteiger partial charge >= 0.3 is 34.7 Å². The van der Waals surface area contributed by atoms with Gasteiger partial charge in [0.25, 0.3) is 0 Å². The minimum Gasteiger partial charge on any atom is -0.999 e. The number of thiol groups is 3. The van der Waals surface area contributed by atoms with Gasteiger partial charge in [-0.2, -0.15) is 54.6 Å². The Labute approximate surface area is 227 Å². The predicted molar refractivity (Wildman–Crippen MR) is 110 cm³/mol. The van der Waals surface area contributed by atoms with E-state index in [1.165, 1.54) is 0 Å². The molecule has 4 rings (SSSR count). The van der Waals surface area contributed by atoms with Crippen LogP contribution in [-0.2, 0) is 108 Å². The molecule has 7 heteroatoms. The molecule has 0 aliphatic heterocycles. The van der Waals surface area contributed by atoms with Crippen molar-refractivity contribution >= 4 is 40.5 Å².